The van der Waals surface area contributed by atoms with Crippen LogP contribution in [0.2, 0.25) is 0 Å². The molecule has 3 aromatic heterocycles. The maximum Gasteiger partial charge on any atom is 0.259 e. The second kappa shape index (κ2) is 9.19. The van der Waals surface area contributed by atoms with Gasteiger partial charge in [-0.2, -0.15) is 0 Å². The average Bonchev–Trinajstić information content (AvgIpc) is 3.32. The first-order chi connectivity index (χ1) is 15.1. The number of carbonyl (C=O) groups is 1. The van der Waals surface area contributed by atoms with Gasteiger partial charge in [0.1, 0.15) is 6.33 Å². The first-order valence-corrected chi connectivity index (χ1v) is 10.7. The number of fused-ring (bicyclic) bond motifs is 1. The van der Waals surface area contributed by atoms with E-state index in [2.05, 4.69) is 49.2 Å². The number of hydrogen-bond acceptors (Lipinski definition) is 8. The molecule has 0 spiro atoms. The molecule has 11 heteroatoms. The molecule has 1 saturated heterocycles. The number of pyridine rings is 1. The van der Waals surface area contributed by atoms with Gasteiger partial charge in [-0.15, -0.1) is 5.10 Å². The number of hydrogen-bond donors (Lipinski definition) is 1. The Labute approximate surface area is 179 Å². The molecule has 1 N–H and O–H groups in total. The first kappa shape index (κ1) is 20.9. The third-order valence-corrected chi connectivity index (χ3v) is 5.88. The molecular weight excluding hydrogens is 398 g/mol. The number of carbonyl (C=O) groups excluding carboxylic acids is 1. The molecule has 1 fully saturated rings. The highest BCUT2D eigenvalue weighted by Gasteiger charge is 2.25. The number of nitrogens with one attached hydrogen (secondary N) is 1. The van der Waals surface area contributed by atoms with Crippen molar-refractivity contribution in [2.45, 2.75) is 45.6 Å². The smallest absolute Gasteiger partial charge is 0.259 e. The molecule has 1 aliphatic heterocycles. The van der Waals surface area contributed by atoms with Crippen molar-refractivity contribution in [1.82, 2.24) is 40.1 Å². The van der Waals surface area contributed by atoms with Gasteiger partial charge in [-0.25, -0.2) is 14.6 Å². The summed E-state index contributed by atoms with van der Waals surface area (Å²) in [4.78, 5) is 41.0. The Hall–Kier alpha value is -3.37. The van der Waals surface area contributed by atoms with Crippen LogP contribution >= 0.6 is 0 Å². The summed E-state index contributed by atoms with van der Waals surface area (Å²) in [6.45, 7) is 7.51. The molecule has 4 heterocycles. The molecule has 11 nitrogen and oxygen atoms in total. The van der Waals surface area contributed by atoms with Crippen molar-refractivity contribution < 1.29 is 4.79 Å². The Morgan fingerprint density at radius 1 is 1.26 bits per heavy atom. The summed E-state index contributed by atoms with van der Waals surface area (Å²) in [6, 6.07) is 1.96. The van der Waals surface area contributed by atoms with Crippen LogP contribution in [-0.4, -0.2) is 72.1 Å². The van der Waals surface area contributed by atoms with E-state index in [1.807, 2.05) is 11.0 Å². The van der Waals surface area contributed by atoms with Crippen LogP contribution in [0.4, 0.5) is 5.95 Å². The summed E-state index contributed by atoms with van der Waals surface area (Å²) in [5.41, 5.74) is 1.37. The molecule has 0 aliphatic carbocycles. The van der Waals surface area contributed by atoms with E-state index >= 15 is 0 Å². The van der Waals surface area contributed by atoms with Gasteiger partial charge in [0, 0.05) is 50.4 Å². The van der Waals surface area contributed by atoms with E-state index in [1.165, 1.54) is 6.33 Å². The Balaban J connectivity index is 1.44. The molecule has 3 aromatic rings. The minimum Gasteiger partial charge on any atom is -0.343 e. The molecule has 0 radical (unpaired) electrons. The maximum absolute atomic E-state index is 12.6. The standard InChI is InChI=1S/C20H27N9O2/c1-3-27(4-2)20-21-12-15-17(24-20)11-16(23-19(15)31)14-5-8-28(9-6-14)18(30)7-10-29-13-22-25-26-29/h11-14H,3-10H2,1-2H3,(H,23,31). The van der Waals surface area contributed by atoms with Crippen LogP contribution in [0.25, 0.3) is 10.9 Å². The third kappa shape index (κ3) is 4.54. The Morgan fingerprint density at radius 2 is 2.03 bits per heavy atom. The number of aryl methyl sites for hydroxylation is 1. The molecule has 4 rings (SSSR count). The van der Waals surface area contributed by atoms with Crippen molar-refractivity contribution >= 4 is 22.8 Å². The van der Waals surface area contributed by atoms with Crippen molar-refractivity contribution in [2.75, 3.05) is 31.1 Å². The zero-order valence-electron chi connectivity index (χ0n) is 17.9. The van der Waals surface area contributed by atoms with E-state index in [-0.39, 0.29) is 17.4 Å². The molecular formula is C20H27N9O2. The Bertz CT molecular complexity index is 1080. The highest BCUT2D eigenvalue weighted by molar-refractivity contribution is 5.78. The van der Waals surface area contributed by atoms with Gasteiger partial charge < -0.3 is 14.8 Å². The van der Waals surface area contributed by atoms with Crippen molar-refractivity contribution in [3.05, 3.63) is 34.6 Å². The summed E-state index contributed by atoms with van der Waals surface area (Å²) in [5.74, 6) is 0.919. The van der Waals surface area contributed by atoms with Gasteiger partial charge in [0.05, 0.1) is 17.4 Å². The molecule has 0 atom stereocenters. The van der Waals surface area contributed by atoms with Crippen LogP contribution in [0.1, 0.15) is 44.7 Å². The predicted molar refractivity (Wildman–Crippen MR) is 115 cm³/mol. The zero-order valence-corrected chi connectivity index (χ0v) is 17.9. The fourth-order valence-electron chi connectivity index (χ4n) is 4.02. The number of piperidine rings is 1. The molecule has 0 unspecified atom stereocenters. The van der Waals surface area contributed by atoms with Gasteiger partial charge in [-0.1, -0.05) is 0 Å². The van der Waals surface area contributed by atoms with E-state index in [9.17, 15) is 9.59 Å². The molecule has 1 aliphatic rings. The highest BCUT2D eigenvalue weighted by Crippen LogP contribution is 2.28. The minimum absolute atomic E-state index is 0.0950. The number of H-pyrrole nitrogens is 1. The number of amides is 1. The van der Waals surface area contributed by atoms with E-state index < -0.39 is 0 Å². The fraction of sp³-hybridized carbons (Fsp3) is 0.550. The number of nitrogens with zero attached hydrogens (tertiary/aromatic N) is 8. The van der Waals surface area contributed by atoms with Gasteiger partial charge in [0.15, 0.2) is 0 Å². The summed E-state index contributed by atoms with van der Waals surface area (Å²) in [7, 11) is 0. The molecule has 0 aromatic carbocycles. The lowest BCUT2D eigenvalue weighted by Gasteiger charge is -2.32. The summed E-state index contributed by atoms with van der Waals surface area (Å²) in [5, 5.41) is 11.4. The van der Waals surface area contributed by atoms with Crippen LogP contribution in [0.3, 0.4) is 0 Å². The second-order valence-electron chi connectivity index (χ2n) is 7.67. The van der Waals surface area contributed by atoms with Gasteiger partial charge >= 0.3 is 0 Å². The minimum atomic E-state index is -0.168. The van der Waals surface area contributed by atoms with Crippen molar-refractivity contribution in [3.8, 4) is 0 Å². The normalized spacial score (nSPS) is 14.8. The highest BCUT2D eigenvalue weighted by atomic mass is 16.2. The molecule has 164 valence electrons. The number of aromatic amines is 1. The summed E-state index contributed by atoms with van der Waals surface area (Å²) in [6.07, 6.45) is 5.07. The fourth-order valence-corrected chi connectivity index (χ4v) is 4.02. The predicted octanol–water partition coefficient (Wildman–Crippen LogP) is 0.947. The number of rotatable bonds is 7. The quantitative estimate of drug-likeness (QED) is 0.593. The topological polar surface area (TPSA) is 126 Å². The van der Waals surface area contributed by atoms with E-state index in [1.54, 1.807) is 10.9 Å². The van der Waals surface area contributed by atoms with Crippen LogP contribution in [-0.2, 0) is 11.3 Å². The van der Waals surface area contributed by atoms with Crippen molar-refractivity contribution in [3.63, 3.8) is 0 Å². The summed E-state index contributed by atoms with van der Waals surface area (Å²) < 4.78 is 1.55. The average molecular weight is 425 g/mol. The Kier molecular flexibility index (Phi) is 6.19. The van der Waals surface area contributed by atoms with Crippen LogP contribution in [0, 0.1) is 0 Å². The van der Waals surface area contributed by atoms with Crippen LogP contribution in [0.5, 0.6) is 0 Å². The Morgan fingerprint density at radius 3 is 2.71 bits per heavy atom. The maximum atomic E-state index is 12.6. The third-order valence-electron chi connectivity index (χ3n) is 5.88. The lowest BCUT2D eigenvalue weighted by molar-refractivity contribution is -0.132. The SMILES string of the molecule is CCN(CC)c1ncc2c(=O)[nH]c(C3CCN(C(=O)CCn4cnnn4)CC3)cc2n1. The molecule has 1 amide bonds. The lowest BCUT2D eigenvalue weighted by atomic mass is 9.92. The summed E-state index contributed by atoms with van der Waals surface area (Å²) >= 11 is 0. The largest absolute Gasteiger partial charge is 0.343 e. The number of likely N-dealkylation sites (tertiary alicyclic amines) is 1. The van der Waals surface area contributed by atoms with Crippen molar-refractivity contribution in [2.24, 2.45) is 0 Å². The first-order valence-electron chi connectivity index (χ1n) is 10.7. The van der Waals surface area contributed by atoms with E-state index in [0.717, 1.165) is 31.6 Å². The van der Waals surface area contributed by atoms with Gasteiger partial charge in [-0.3, -0.25) is 9.59 Å². The van der Waals surface area contributed by atoms with Crippen LogP contribution < -0.4 is 10.5 Å². The second-order valence-corrected chi connectivity index (χ2v) is 7.67. The van der Waals surface area contributed by atoms with Crippen LogP contribution in [0.15, 0.2) is 23.4 Å². The number of tetrazole rings is 1. The van der Waals surface area contributed by atoms with Gasteiger partial charge in [-0.05, 0) is 43.2 Å². The van der Waals surface area contributed by atoms with E-state index in [4.69, 9.17) is 0 Å². The number of aromatic nitrogens is 7. The van der Waals surface area contributed by atoms with Crippen molar-refractivity contribution in [1.29, 1.82) is 0 Å². The van der Waals surface area contributed by atoms with E-state index in [0.29, 0.717) is 42.9 Å². The molecule has 31 heavy (non-hydrogen) atoms. The lowest BCUT2D eigenvalue weighted by Crippen LogP contribution is -2.38. The van der Waals surface area contributed by atoms with Gasteiger partial charge in [0.2, 0.25) is 11.9 Å². The van der Waals surface area contributed by atoms with Gasteiger partial charge in [0.25, 0.3) is 5.56 Å². The zero-order chi connectivity index (χ0) is 21.8. The molecule has 0 saturated carbocycles. The number of anilines is 1. The monoisotopic (exact) mass is 425 g/mol. The molecule has 0 bridgehead atoms.